The summed E-state index contributed by atoms with van der Waals surface area (Å²) in [6, 6.07) is 5.88. The number of carbonyl (C=O) groups excluding carboxylic acids is 3. The molecule has 2 atom stereocenters. The van der Waals surface area contributed by atoms with E-state index in [-0.39, 0.29) is 37.0 Å². The van der Waals surface area contributed by atoms with Gasteiger partial charge >= 0.3 is 37.1 Å². The second-order valence-corrected chi connectivity index (χ2v) is 8.11. The molecule has 2 fully saturated rings. The van der Waals surface area contributed by atoms with Gasteiger partial charge in [-0.05, 0) is 22.8 Å². The van der Waals surface area contributed by atoms with Gasteiger partial charge in [0.1, 0.15) is 0 Å². The minimum Gasteiger partial charge on any atom is -0.467 e. The third kappa shape index (κ3) is 6.32. The number of carbonyl (C=O) groups is 3. The van der Waals surface area contributed by atoms with Crippen LogP contribution in [0, 0.1) is 37.5 Å². The van der Waals surface area contributed by atoms with E-state index in [0.29, 0.717) is 36.3 Å². The maximum atomic E-state index is 12.2. The number of hydrogen-bond acceptors (Lipinski definition) is 7. The van der Waals surface area contributed by atoms with E-state index in [1.807, 2.05) is 6.42 Å². The van der Waals surface area contributed by atoms with Crippen LogP contribution in [-0.2, 0) is 38.2 Å². The molecule has 0 unspecified atom stereocenters. The van der Waals surface area contributed by atoms with Gasteiger partial charge in [0.2, 0.25) is 12.3 Å². The van der Waals surface area contributed by atoms with Crippen LogP contribution in [-0.4, -0.2) is 48.4 Å². The first kappa shape index (κ1) is 26.7. The Bertz CT molecular complexity index is 921. The van der Waals surface area contributed by atoms with Crippen molar-refractivity contribution in [2.75, 3.05) is 13.7 Å². The number of nitrogens with zero attached hydrogens (tertiary/aromatic N) is 1. The van der Waals surface area contributed by atoms with E-state index in [4.69, 9.17) is 4.74 Å². The normalized spacial score (nSPS) is 21.5. The first-order valence-corrected chi connectivity index (χ1v) is 10.3. The predicted molar refractivity (Wildman–Crippen MR) is 107 cm³/mol. The summed E-state index contributed by atoms with van der Waals surface area (Å²) in [4.78, 5) is 36.4. The number of esters is 1. The van der Waals surface area contributed by atoms with Gasteiger partial charge < -0.3 is 29.8 Å². The fraction of sp³-hybridized carbons (Fsp3) is 0.316. The first-order chi connectivity index (χ1) is 13.8. The molecule has 0 spiro atoms. The molecule has 11 heteroatoms. The van der Waals surface area contributed by atoms with Gasteiger partial charge in [-0.2, -0.15) is 0 Å². The van der Waals surface area contributed by atoms with Crippen molar-refractivity contribution in [1.29, 1.82) is 0 Å². The fourth-order valence-corrected chi connectivity index (χ4v) is 3.45. The van der Waals surface area contributed by atoms with Crippen molar-refractivity contribution >= 4 is 44.9 Å². The van der Waals surface area contributed by atoms with Gasteiger partial charge in [-0.15, -0.1) is 18.7 Å². The zero-order chi connectivity index (χ0) is 21.6. The summed E-state index contributed by atoms with van der Waals surface area (Å²) >= 11 is 3.19. The van der Waals surface area contributed by atoms with Crippen molar-refractivity contribution < 1.29 is 58.7 Å². The van der Waals surface area contributed by atoms with Crippen LogP contribution >= 0.6 is 15.9 Å². The monoisotopic (exact) mass is 720 g/mol. The number of methoxy groups -OCH3 is 1. The quantitative estimate of drug-likeness (QED) is 0.163. The zero-order valence-electron chi connectivity index (χ0n) is 16.1. The van der Waals surface area contributed by atoms with Gasteiger partial charge in [0.05, 0.1) is 13.2 Å². The number of rotatable bonds is 5. The summed E-state index contributed by atoms with van der Waals surface area (Å²) in [5.41, 5.74) is 2.10. The molecule has 0 radical (unpaired) electrons. The Morgan fingerprint density at radius 2 is 2.03 bits per heavy atom. The molecule has 158 valence electrons. The topological polar surface area (TPSA) is 110 Å². The predicted octanol–water partition coefficient (Wildman–Crippen LogP) is 1.68. The van der Waals surface area contributed by atoms with Gasteiger partial charge in [-0.3, -0.25) is 9.59 Å². The molecule has 2 amide bonds. The Morgan fingerprint density at radius 1 is 1.40 bits per heavy atom. The average molecular weight is 721 g/mol. The maximum absolute atomic E-state index is 12.2. The molecular formula is C19H19BrN2O6SU. The van der Waals surface area contributed by atoms with E-state index in [0.717, 1.165) is 4.47 Å². The van der Waals surface area contributed by atoms with Crippen LogP contribution in [0.2, 0.25) is 0 Å². The molecule has 0 aromatic heterocycles. The van der Waals surface area contributed by atoms with Crippen LogP contribution in [0.3, 0.4) is 0 Å². The molecule has 1 aromatic rings. The number of ether oxygens (including phenoxy) is 1. The van der Waals surface area contributed by atoms with Crippen LogP contribution < -0.4 is 5.32 Å². The molecule has 2 aliphatic rings. The minimum atomic E-state index is -2.11. The zero-order valence-corrected chi connectivity index (χ0v) is 22.6. The largest absolute Gasteiger partial charge is 2.00 e. The van der Waals surface area contributed by atoms with E-state index in [1.165, 1.54) is 24.1 Å². The third-order valence-electron chi connectivity index (χ3n) is 4.49. The van der Waals surface area contributed by atoms with E-state index < -0.39 is 28.3 Å². The number of halogens is 1. The van der Waals surface area contributed by atoms with Gasteiger partial charge in [0.15, 0.2) is 5.54 Å². The molecule has 0 bridgehead atoms. The van der Waals surface area contributed by atoms with Crippen molar-refractivity contribution in [1.82, 2.24) is 10.2 Å². The molecule has 3 rings (SSSR count). The van der Waals surface area contributed by atoms with E-state index in [9.17, 15) is 22.8 Å². The van der Waals surface area contributed by atoms with Crippen molar-refractivity contribution in [3.05, 3.63) is 53.0 Å². The molecule has 1 aromatic carbocycles. The van der Waals surface area contributed by atoms with Crippen LogP contribution in [0.4, 0.5) is 0 Å². The number of hydrogen-bond donors (Lipinski definition) is 1. The Balaban J connectivity index is 0.000000348. The summed E-state index contributed by atoms with van der Waals surface area (Å²) in [5, 5.41) is 2.65. The maximum Gasteiger partial charge on any atom is 2.00 e. The van der Waals surface area contributed by atoms with E-state index >= 15 is 0 Å². The third-order valence-corrected chi connectivity index (χ3v) is 5.68. The molecule has 1 saturated heterocycles. The molecule has 8 nitrogen and oxygen atoms in total. The van der Waals surface area contributed by atoms with Crippen molar-refractivity contribution in [2.45, 2.75) is 29.3 Å². The second kappa shape index (κ2) is 11.9. The summed E-state index contributed by atoms with van der Waals surface area (Å²) < 4.78 is 26.2. The Morgan fingerprint density at radius 3 is 2.50 bits per heavy atom. The Hall–Kier alpha value is -1.37. The molecule has 1 heterocycles. The number of benzene rings is 1. The van der Waals surface area contributed by atoms with Crippen molar-refractivity contribution in [3.63, 3.8) is 0 Å². The summed E-state index contributed by atoms with van der Waals surface area (Å²) in [6.07, 6.45) is 3.32. The van der Waals surface area contributed by atoms with E-state index in [1.54, 1.807) is 12.1 Å². The SMILES string of the molecule is C=C=C1C[C@]1(NC(=O)[C@@H]1C[CH-]CN1C=O)C(=O)OC.O=[S-](=O)c1ccc(Br)cc1.[U+2]. The number of likely N-dealkylation sites (tertiary alicyclic amines) is 1. The smallest absolute Gasteiger partial charge is 0.467 e. The van der Waals surface area contributed by atoms with Gasteiger partial charge in [-0.25, -0.2) is 4.79 Å². The minimum absolute atomic E-state index is 0. The summed E-state index contributed by atoms with van der Waals surface area (Å²) in [5.74, 6) is -0.900. The number of amides is 2. The van der Waals surface area contributed by atoms with Gasteiger partial charge in [-0.1, -0.05) is 39.5 Å². The van der Waals surface area contributed by atoms with Crippen molar-refractivity contribution in [3.8, 4) is 0 Å². The Kier molecular flexibility index (Phi) is 10.6. The van der Waals surface area contributed by atoms with Crippen molar-refractivity contribution in [2.24, 2.45) is 0 Å². The average Bonchev–Trinajstić information content (AvgIpc) is 3.21. The summed E-state index contributed by atoms with van der Waals surface area (Å²) in [7, 11) is -0.848. The second-order valence-electron chi connectivity index (χ2n) is 6.25. The first-order valence-electron chi connectivity index (χ1n) is 8.46. The molecule has 1 aliphatic carbocycles. The standard InChI is InChI=1S/C13H15N2O4.C6H4BrO2S.U/c1-3-9-7-13(9,12(18)19-2)14-11(17)10-5-4-6-15(10)8-16;7-5-1-3-6(4-2-5)10(8)9;/h4,8,10H,1,5-7H2,2H3,(H,14,17);1-4H;/q2*-1;+2/t10-,13+;;/m0../s1. The molecule has 30 heavy (non-hydrogen) atoms. The molecule has 1 aliphatic heterocycles. The number of nitrogens with one attached hydrogen (secondary N) is 1. The van der Waals surface area contributed by atoms with Crippen LogP contribution in [0.1, 0.15) is 12.8 Å². The van der Waals surface area contributed by atoms with Gasteiger partial charge in [0.25, 0.3) is 0 Å². The molecule has 1 saturated carbocycles. The van der Waals surface area contributed by atoms with Gasteiger partial charge in [0, 0.05) is 16.5 Å². The van der Waals surface area contributed by atoms with Crippen LogP contribution in [0.5, 0.6) is 0 Å². The van der Waals surface area contributed by atoms with Crippen LogP contribution in [0.25, 0.3) is 0 Å². The molecule has 1 N–H and O–H groups in total. The summed E-state index contributed by atoms with van der Waals surface area (Å²) in [6.45, 7) is 3.92. The van der Waals surface area contributed by atoms with E-state index in [2.05, 4.69) is 33.6 Å². The fourth-order valence-electron chi connectivity index (χ4n) is 2.83. The van der Waals surface area contributed by atoms with Crippen LogP contribution in [0.15, 0.2) is 51.5 Å². The Labute approximate surface area is 208 Å². The molecular weight excluding hydrogens is 702 g/mol.